The number of rotatable bonds is 5. The highest BCUT2D eigenvalue weighted by Gasteiger charge is 2.16. The number of hydrogen-bond acceptors (Lipinski definition) is 3. The van der Waals surface area contributed by atoms with E-state index in [-0.39, 0.29) is 0 Å². The fraction of sp³-hybridized carbons (Fsp3) is 0.0244. The van der Waals surface area contributed by atoms with E-state index in [0.717, 1.165) is 22.4 Å². The third kappa shape index (κ3) is 4.26. The summed E-state index contributed by atoms with van der Waals surface area (Å²) in [6, 6.07) is 51.8. The number of thiophene rings is 1. The maximum atomic E-state index is 6.53. The molecule has 0 saturated heterocycles. The normalized spacial score (nSPS) is 11.7. The third-order valence-electron chi connectivity index (χ3n) is 8.85. The minimum Gasteiger partial charge on any atom is -0.486 e. The molecular formula is C41H28N2OS. The van der Waals surface area contributed by atoms with E-state index >= 15 is 0 Å². The predicted octanol–water partition coefficient (Wildman–Crippen LogP) is 11.1. The molecule has 0 aliphatic rings. The van der Waals surface area contributed by atoms with Crippen LogP contribution in [0.25, 0.3) is 69.6 Å². The second kappa shape index (κ2) is 10.3. The molecule has 9 rings (SSSR count). The summed E-state index contributed by atoms with van der Waals surface area (Å²) in [6.07, 6.45) is 0. The first-order valence-electron chi connectivity index (χ1n) is 15.2. The molecule has 0 fully saturated rings. The van der Waals surface area contributed by atoms with Gasteiger partial charge in [0, 0.05) is 36.6 Å². The number of anilines is 1. The Morgan fingerprint density at radius 2 is 1.31 bits per heavy atom. The topological polar surface area (TPSA) is 40.2 Å². The van der Waals surface area contributed by atoms with Crippen LogP contribution in [0.3, 0.4) is 0 Å². The van der Waals surface area contributed by atoms with Crippen LogP contribution >= 0.6 is 11.3 Å². The molecular weight excluding hydrogens is 569 g/mol. The van der Waals surface area contributed by atoms with Gasteiger partial charge in [0.1, 0.15) is 6.61 Å². The minimum absolute atomic E-state index is 0.431. The Kier molecular flexibility index (Phi) is 5.90. The lowest BCUT2D eigenvalue weighted by atomic mass is 10.0. The molecule has 0 spiro atoms. The van der Waals surface area contributed by atoms with Gasteiger partial charge in [0.25, 0.3) is 0 Å². The molecule has 0 bridgehead atoms. The Morgan fingerprint density at radius 3 is 2.16 bits per heavy atom. The van der Waals surface area contributed by atoms with Gasteiger partial charge in [0.15, 0.2) is 5.75 Å². The predicted molar refractivity (Wildman–Crippen MR) is 192 cm³/mol. The Labute approximate surface area is 264 Å². The Hall–Kier alpha value is -5.58. The SMILES string of the molecule is Nc1ccc2sc3cc(-c4ccccc4)ccc3c2c1OCc1ccc(-n2c3ccccc3c3cc4ccccc4cc32)cc1. The summed E-state index contributed by atoms with van der Waals surface area (Å²) in [5, 5.41) is 7.27. The number of aromatic nitrogens is 1. The molecule has 0 aliphatic carbocycles. The zero-order valence-electron chi connectivity index (χ0n) is 24.4. The van der Waals surface area contributed by atoms with Crippen LogP contribution in [0.5, 0.6) is 5.75 Å². The van der Waals surface area contributed by atoms with Crippen LogP contribution in [0.2, 0.25) is 0 Å². The molecule has 2 N–H and O–H groups in total. The molecule has 2 heterocycles. The first kappa shape index (κ1) is 25.9. The summed E-state index contributed by atoms with van der Waals surface area (Å²) in [6.45, 7) is 0.431. The minimum atomic E-state index is 0.431. The number of nitrogens with two attached hydrogens (primary N) is 1. The van der Waals surface area contributed by atoms with Crippen LogP contribution in [-0.4, -0.2) is 4.57 Å². The fourth-order valence-electron chi connectivity index (χ4n) is 6.65. The van der Waals surface area contributed by atoms with Crippen molar-refractivity contribution in [3.63, 3.8) is 0 Å². The van der Waals surface area contributed by atoms with Gasteiger partial charge in [-0.25, -0.2) is 0 Å². The van der Waals surface area contributed by atoms with E-state index in [1.807, 2.05) is 12.1 Å². The van der Waals surface area contributed by atoms with E-state index in [1.165, 1.54) is 58.5 Å². The molecule has 0 amide bonds. The van der Waals surface area contributed by atoms with Crippen molar-refractivity contribution >= 4 is 69.8 Å². The van der Waals surface area contributed by atoms with Crippen molar-refractivity contribution in [2.45, 2.75) is 6.61 Å². The number of benzene rings is 7. The molecule has 0 unspecified atom stereocenters. The maximum Gasteiger partial charge on any atom is 0.151 e. The van der Waals surface area contributed by atoms with E-state index in [0.29, 0.717) is 12.3 Å². The van der Waals surface area contributed by atoms with Gasteiger partial charge in [-0.15, -0.1) is 11.3 Å². The third-order valence-corrected chi connectivity index (χ3v) is 9.96. The van der Waals surface area contributed by atoms with E-state index in [4.69, 9.17) is 10.5 Å². The molecule has 4 heteroatoms. The molecule has 0 aliphatic heterocycles. The zero-order chi connectivity index (χ0) is 29.9. The molecule has 0 saturated carbocycles. The van der Waals surface area contributed by atoms with Crippen LogP contribution < -0.4 is 10.5 Å². The highest BCUT2D eigenvalue weighted by Crippen LogP contribution is 2.44. The van der Waals surface area contributed by atoms with Gasteiger partial charge < -0.3 is 15.0 Å². The molecule has 0 atom stereocenters. The summed E-state index contributed by atoms with van der Waals surface area (Å²) in [7, 11) is 0. The van der Waals surface area contributed by atoms with E-state index in [1.54, 1.807) is 11.3 Å². The molecule has 9 aromatic rings. The largest absolute Gasteiger partial charge is 0.486 e. The Bertz CT molecular complexity index is 2540. The molecule has 45 heavy (non-hydrogen) atoms. The number of fused-ring (bicyclic) bond motifs is 7. The lowest BCUT2D eigenvalue weighted by Gasteiger charge is -2.13. The molecule has 214 valence electrons. The van der Waals surface area contributed by atoms with Crippen molar-refractivity contribution in [1.82, 2.24) is 4.57 Å². The van der Waals surface area contributed by atoms with Gasteiger partial charge in [-0.2, -0.15) is 0 Å². The van der Waals surface area contributed by atoms with E-state index in [2.05, 4.69) is 138 Å². The van der Waals surface area contributed by atoms with Crippen molar-refractivity contribution in [2.75, 3.05) is 5.73 Å². The summed E-state index contributed by atoms with van der Waals surface area (Å²) < 4.78 is 11.3. The summed E-state index contributed by atoms with van der Waals surface area (Å²) in [5.41, 5.74) is 14.2. The summed E-state index contributed by atoms with van der Waals surface area (Å²) >= 11 is 1.78. The number of nitrogen functional groups attached to an aromatic ring is 1. The maximum absolute atomic E-state index is 6.53. The van der Waals surface area contributed by atoms with Gasteiger partial charge in [0.05, 0.1) is 16.7 Å². The molecule has 2 aromatic heterocycles. The van der Waals surface area contributed by atoms with Crippen molar-refractivity contribution in [3.8, 4) is 22.6 Å². The van der Waals surface area contributed by atoms with Gasteiger partial charge in [-0.1, -0.05) is 97.1 Å². The van der Waals surface area contributed by atoms with Crippen molar-refractivity contribution < 1.29 is 4.74 Å². The lowest BCUT2D eigenvalue weighted by Crippen LogP contribution is -2.00. The van der Waals surface area contributed by atoms with Crippen LogP contribution in [0, 0.1) is 0 Å². The second-order valence-corrected chi connectivity index (χ2v) is 12.6. The number of nitrogens with zero attached hydrogens (tertiary/aromatic N) is 1. The quantitative estimate of drug-likeness (QED) is 0.201. The number of ether oxygens (including phenoxy) is 1. The van der Waals surface area contributed by atoms with Crippen molar-refractivity contribution in [1.29, 1.82) is 0 Å². The van der Waals surface area contributed by atoms with Crippen LogP contribution in [0.4, 0.5) is 5.69 Å². The lowest BCUT2D eigenvalue weighted by molar-refractivity contribution is 0.312. The molecule has 0 radical (unpaired) electrons. The van der Waals surface area contributed by atoms with Gasteiger partial charge >= 0.3 is 0 Å². The van der Waals surface area contributed by atoms with E-state index < -0.39 is 0 Å². The average Bonchev–Trinajstić information content (AvgIpc) is 3.62. The highest BCUT2D eigenvalue weighted by atomic mass is 32.1. The second-order valence-electron chi connectivity index (χ2n) is 11.6. The first-order chi connectivity index (χ1) is 22.2. The van der Waals surface area contributed by atoms with E-state index in [9.17, 15) is 0 Å². The Morgan fingerprint density at radius 1 is 0.556 bits per heavy atom. The standard InChI is InChI=1S/C41H28N2OS/c42-35-20-21-38-40(33-19-16-30(24-39(33)45-38)27-8-2-1-3-9-27)41(35)44-25-26-14-17-31(18-15-26)43-36-13-7-6-12-32(36)34-22-28-10-4-5-11-29(28)23-37(34)43/h1-24H,25,42H2. The van der Waals surface area contributed by atoms with Gasteiger partial charge in [-0.3, -0.25) is 0 Å². The monoisotopic (exact) mass is 596 g/mol. The molecule has 3 nitrogen and oxygen atoms in total. The number of para-hydroxylation sites is 1. The van der Waals surface area contributed by atoms with Crippen LogP contribution in [-0.2, 0) is 6.61 Å². The van der Waals surface area contributed by atoms with Crippen molar-refractivity contribution in [3.05, 3.63) is 151 Å². The van der Waals surface area contributed by atoms with Crippen LogP contribution in [0.15, 0.2) is 146 Å². The van der Waals surface area contributed by atoms with Crippen LogP contribution in [0.1, 0.15) is 5.56 Å². The fourth-order valence-corrected chi connectivity index (χ4v) is 7.79. The molecule has 7 aromatic carbocycles. The Balaban J connectivity index is 1.06. The highest BCUT2D eigenvalue weighted by molar-refractivity contribution is 7.26. The average molecular weight is 597 g/mol. The smallest absolute Gasteiger partial charge is 0.151 e. The van der Waals surface area contributed by atoms with Crippen molar-refractivity contribution in [2.24, 2.45) is 0 Å². The summed E-state index contributed by atoms with van der Waals surface area (Å²) in [4.78, 5) is 0. The van der Waals surface area contributed by atoms with Gasteiger partial charge in [0.2, 0.25) is 0 Å². The first-order valence-corrected chi connectivity index (χ1v) is 16.0. The number of hydrogen-bond donors (Lipinski definition) is 1. The zero-order valence-corrected chi connectivity index (χ0v) is 25.2. The van der Waals surface area contributed by atoms with Gasteiger partial charge in [-0.05, 0) is 76.0 Å². The summed E-state index contributed by atoms with van der Waals surface area (Å²) in [5.74, 6) is 0.754.